The summed E-state index contributed by atoms with van der Waals surface area (Å²) in [5.41, 5.74) is 7.52. The van der Waals surface area contributed by atoms with Crippen molar-refractivity contribution in [2.45, 2.75) is 25.2 Å². The third-order valence-corrected chi connectivity index (χ3v) is 3.92. The summed E-state index contributed by atoms with van der Waals surface area (Å²) in [7, 11) is 0. The number of benzene rings is 1. The van der Waals surface area contributed by atoms with Gasteiger partial charge in [-0.2, -0.15) is 0 Å². The molecule has 0 amide bonds. The van der Waals surface area contributed by atoms with Crippen molar-refractivity contribution in [3.05, 3.63) is 46.6 Å². The molecular formula is C14H17BrN2. The second kappa shape index (κ2) is 5.50. The van der Waals surface area contributed by atoms with E-state index in [4.69, 9.17) is 5.73 Å². The summed E-state index contributed by atoms with van der Waals surface area (Å²) in [6.07, 6.45) is 5.17. The van der Waals surface area contributed by atoms with E-state index < -0.39 is 0 Å². The number of hydrogen-bond acceptors (Lipinski definition) is 1. The van der Waals surface area contributed by atoms with Crippen LogP contribution in [0.4, 0.5) is 0 Å². The van der Waals surface area contributed by atoms with Gasteiger partial charge in [0.15, 0.2) is 0 Å². The van der Waals surface area contributed by atoms with E-state index in [1.165, 1.54) is 31.2 Å². The number of aliphatic imine (C=N–C) groups is 1. The lowest BCUT2D eigenvalue weighted by molar-refractivity contribution is 0.280. The van der Waals surface area contributed by atoms with Gasteiger partial charge < -0.3 is 5.73 Å². The van der Waals surface area contributed by atoms with Gasteiger partial charge in [0.2, 0.25) is 0 Å². The molecule has 1 aromatic rings. The van der Waals surface area contributed by atoms with E-state index in [0.29, 0.717) is 11.8 Å². The second-order valence-corrected chi connectivity index (χ2v) is 5.41. The molecule has 0 bridgehead atoms. The van der Waals surface area contributed by atoms with E-state index in [1.807, 2.05) is 6.07 Å². The molecule has 3 heteroatoms. The molecule has 1 aromatic carbocycles. The van der Waals surface area contributed by atoms with Gasteiger partial charge in [0.05, 0.1) is 6.34 Å². The van der Waals surface area contributed by atoms with Gasteiger partial charge in [-0.15, -0.1) is 0 Å². The first-order valence-electron chi connectivity index (χ1n) is 5.91. The fourth-order valence-electron chi connectivity index (χ4n) is 2.39. The normalized spacial score (nSPS) is 17.9. The predicted octanol–water partition coefficient (Wildman–Crippen LogP) is 3.83. The lowest BCUT2D eigenvalue weighted by Gasteiger charge is -2.34. The average Bonchev–Trinajstić information content (AvgIpc) is 2.23. The van der Waals surface area contributed by atoms with Crippen LogP contribution in [-0.4, -0.2) is 6.34 Å². The van der Waals surface area contributed by atoms with E-state index in [1.54, 1.807) is 0 Å². The molecule has 1 unspecified atom stereocenters. The molecule has 0 radical (unpaired) electrons. The van der Waals surface area contributed by atoms with Gasteiger partial charge in [0.1, 0.15) is 0 Å². The minimum absolute atomic E-state index is 0.307. The number of rotatable bonds is 4. The molecule has 0 spiro atoms. The number of hydrogen-bond donors (Lipinski definition) is 1. The van der Waals surface area contributed by atoms with Crippen LogP contribution in [-0.2, 0) is 0 Å². The Bertz CT molecular complexity index is 436. The summed E-state index contributed by atoms with van der Waals surface area (Å²) in [6, 6.07) is 8.39. The maximum Gasteiger partial charge on any atom is 0.0856 e. The van der Waals surface area contributed by atoms with Gasteiger partial charge in [-0.3, -0.25) is 0 Å². The zero-order chi connectivity index (χ0) is 12.3. The lowest BCUT2D eigenvalue weighted by atomic mass is 9.72. The first-order valence-corrected chi connectivity index (χ1v) is 6.70. The minimum Gasteiger partial charge on any atom is -0.390 e. The molecule has 1 fully saturated rings. The lowest BCUT2D eigenvalue weighted by Crippen LogP contribution is -2.21. The smallest absolute Gasteiger partial charge is 0.0856 e. The van der Waals surface area contributed by atoms with Crippen LogP contribution in [0.15, 0.2) is 46.0 Å². The first kappa shape index (κ1) is 12.4. The van der Waals surface area contributed by atoms with Crippen molar-refractivity contribution in [2.75, 3.05) is 0 Å². The largest absolute Gasteiger partial charge is 0.390 e. The molecule has 1 aliphatic rings. The summed E-state index contributed by atoms with van der Waals surface area (Å²) in [4.78, 5) is 4.18. The number of allylic oxidation sites excluding steroid dienone is 1. The Morgan fingerprint density at radius 3 is 2.82 bits per heavy atom. The minimum atomic E-state index is 0.307. The predicted molar refractivity (Wildman–Crippen MR) is 76.0 cm³/mol. The van der Waals surface area contributed by atoms with Crippen LogP contribution < -0.4 is 5.73 Å². The molecular weight excluding hydrogens is 276 g/mol. The van der Waals surface area contributed by atoms with E-state index in [9.17, 15) is 0 Å². The van der Waals surface area contributed by atoms with Crippen LogP contribution in [0, 0.1) is 5.92 Å². The topological polar surface area (TPSA) is 38.4 Å². The van der Waals surface area contributed by atoms with E-state index in [2.05, 4.69) is 45.7 Å². The molecule has 90 valence electrons. The molecule has 2 nitrogen and oxygen atoms in total. The number of nitrogens with two attached hydrogens (primary N) is 1. The third kappa shape index (κ3) is 2.78. The molecule has 0 aliphatic heterocycles. The SMILES string of the molecule is C=C(N=CN)C(c1cccc(Br)c1)C1CCC1. The fraction of sp³-hybridized carbons (Fsp3) is 0.357. The van der Waals surface area contributed by atoms with Crippen molar-refractivity contribution in [2.24, 2.45) is 16.6 Å². The summed E-state index contributed by atoms with van der Waals surface area (Å²) in [5, 5.41) is 0. The summed E-state index contributed by atoms with van der Waals surface area (Å²) < 4.78 is 1.10. The van der Waals surface area contributed by atoms with E-state index in [-0.39, 0.29) is 0 Å². The van der Waals surface area contributed by atoms with Crippen molar-refractivity contribution < 1.29 is 0 Å². The second-order valence-electron chi connectivity index (χ2n) is 4.49. The standard InChI is InChI=1S/C14H17BrN2/c1-10(17-9-16)14(11-4-2-5-11)12-6-3-7-13(15)8-12/h3,6-9,11,14H,1-2,4-5H2,(H2,16,17). The van der Waals surface area contributed by atoms with Crippen molar-refractivity contribution in [1.82, 2.24) is 0 Å². The highest BCUT2D eigenvalue weighted by molar-refractivity contribution is 9.10. The Morgan fingerprint density at radius 1 is 1.53 bits per heavy atom. The molecule has 0 heterocycles. The number of halogens is 1. The van der Waals surface area contributed by atoms with Crippen LogP contribution in [0.2, 0.25) is 0 Å². The van der Waals surface area contributed by atoms with Gasteiger partial charge in [0, 0.05) is 16.1 Å². The Balaban J connectivity index is 2.29. The molecule has 0 saturated heterocycles. The van der Waals surface area contributed by atoms with Crippen LogP contribution in [0.25, 0.3) is 0 Å². The van der Waals surface area contributed by atoms with Crippen LogP contribution in [0.3, 0.4) is 0 Å². The average molecular weight is 293 g/mol. The Labute approximate surface area is 111 Å². The zero-order valence-corrected chi connectivity index (χ0v) is 11.4. The van der Waals surface area contributed by atoms with Gasteiger partial charge in [-0.25, -0.2) is 4.99 Å². The zero-order valence-electron chi connectivity index (χ0n) is 9.77. The van der Waals surface area contributed by atoms with Crippen molar-refractivity contribution >= 4 is 22.3 Å². The van der Waals surface area contributed by atoms with Crippen LogP contribution >= 0.6 is 15.9 Å². The van der Waals surface area contributed by atoms with Gasteiger partial charge in [0.25, 0.3) is 0 Å². The molecule has 2 rings (SSSR count). The molecule has 1 atom stereocenters. The third-order valence-electron chi connectivity index (χ3n) is 3.43. The Morgan fingerprint density at radius 2 is 2.29 bits per heavy atom. The highest BCUT2D eigenvalue weighted by Gasteiger charge is 2.30. The monoisotopic (exact) mass is 292 g/mol. The van der Waals surface area contributed by atoms with E-state index >= 15 is 0 Å². The summed E-state index contributed by atoms with van der Waals surface area (Å²) in [5.74, 6) is 0.974. The quantitative estimate of drug-likeness (QED) is 0.665. The molecule has 1 aliphatic carbocycles. The van der Waals surface area contributed by atoms with Gasteiger partial charge in [-0.1, -0.05) is 41.1 Å². The number of nitrogens with zero attached hydrogens (tertiary/aromatic N) is 1. The van der Waals surface area contributed by atoms with Gasteiger partial charge in [-0.05, 0) is 36.5 Å². The molecule has 1 saturated carbocycles. The van der Waals surface area contributed by atoms with Crippen molar-refractivity contribution in [1.29, 1.82) is 0 Å². The first-order chi connectivity index (χ1) is 8.22. The summed E-state index contributed by atoms with van der Waals surface area (Å²) in [6.45, 7) is 4.06. The van der Waals surface area contributed by atoms with Gasteiger partial charge >= 0.3 is 0 Å². The fourth-order valence-corrected chi connectivity index (χ4v) is 2.80. The summed E-state index contributed by atoms with van der Waals surface area (Å²) >= 11 is 3.51. The highest BCUT2D eigenvalue weighted by Crippen LogP contribution is 2.43. The van der Waals surface area contributed by atoms with Crippen molar-refractivity contribution in [3.8, 4) is 0 Å². The Hall–Kier alpha value is -1.09. The van der Waals surface area contributed by atoms with Crippen molar-refractivity contribution in [3.63, 3.8) is 0 Å². The molecule has 17 heavy (non-hydrogen) atoms. The maximum absolute atomic E-state index is 5.37. The maximum atomic E-state index is 5.37. The Kier molecular flexibility index (Phi) is 4.00. The highest BCUT2D eigenvalue weighted by atomic mass is 79.9. The molecule has 0 aromatic heterocycles. The molecule has 2 N–H and O–H groups in total. The van der Waals surface area contributed by atoms with Crippen LogP contribution in [0.1, 0.15) is 30.7 Å². The van der Waals surface area contributed by atoms with E-state index in [0.717, 1.165) is 10.2 Å². The van der Waals surface area contributed by atoms with Crippen LogP contribution in [0.5, 0.6) is 0 Å².